The first-order chi connectivity index (χ1) is 12.1. The average Bonchev–Trinajstić information content (AvgIpc) is 3.33. The number of carbonyl (C=O) groups excluding carboxylic acids is 1. The molecule has 0 bridgehead atoms. The molecule has 2 saturated heterocycles. The zero-order chi connectivity index (χ0) is 17.4. The van der Waals surface area contributed by atoms with Crippen LogP contribution in [0.1, 0.15) is 42.5 Å². The van der Waals surface area contributed by atoms with Crippen LogP contribution in [0.15, 0.2) is 18.2 Å². The maximum absolute atomic E-state index is 12.8. The topological polar surface area (TPSA) is 87.5 Å². The lowest BCUT2D eigenvalue weighted by atomic mass is 9.78. The van der Waals surface area contributed by atoms with Crippen LogP contribution in [0.3, 0.4) is 0 Å². The van der Waals surface area contributed by atoms with Crippen LogP contribution in [-0.4, -0.2) is 48.0 Å². The van der Waals surface area contributed by atoms with Gasteiger partial charge in [-0.05, 0) is 56.2 Å². The Morgan fingerprint density at radius 2 is 2.04 bits per heavy atom. The molecule has 1 aliphatic carbocycles. The Morgan fingerprint density at radius 3 is 2.64 bits per heavy atom. The molecule has 0 aromatic heterocycles. The highest BCUT2D eigenvalue weighted by atomic mass is 16.6. The predicted molar refractivity (Wildman–Crippen MR) is 94.8 cm³/mol. The Morgan fingerprint density at radius 1 is 1.28 bits per heavy atom. The lowest BCUT2D eigenvalue weighted by molar-refractivity contribution is -0.384. The lowest BCUT2D eigenvalue weighted by Gasteiger charge is -2.38. The maximum atomic E-state index is 12.8. The van der Waals surface area contributed by atoms with Gasteiger partial charge in [0, 0.05) is 37.3 Å². The molecule has 2 aliphatic heterocycles. The van der Waals surface area contributed by atoms with Crippen molar-refractivity contribution in [3.05, 3.63) is 33.9 Å². The normalized spacial score (nSPS) is 22.2. The maximum Gasteiger partial charge on any atom is 0.293 e. The number of nitrogens with zero attached hydrogens (tertiary/aromatic N) is 2. The van der Waals surface area contributed by atoms with E-state index in [1.165, 1.54) is 12.5 Å². The molecule has 0 atom stereocenters. The average molecular weight is 344 g/mol. The molecule has 134 valence electrons. The van der Waals surface area contributed by atoms with Gasteiger partial charge >= 0.3 is 0 Å². The van der Waals surface area contributed by atoms with E-state index in [-0.39, 0.29) is 11.6 Å². The monoisotopic (exact) mass is 344 g/mol. The van der Waals surface area contributed by atoms with Crippen LogP contribution in [0.5, 0.6) is 0 Å². The van der Waals surface area contributed by atoms with Crippen LogP contribution in [0.2, 0.25) is 0 Å². The van der Waals surface area contributed by atoms with Crippen molar-refractivity contribution < 1.29 is 9.72 Å². The van der Waals surface area contributed by atoms with Crippen molar-refractivity contribution in [2.75, 3.05) is 31.5 Å². The molecule has 2 heterocycles. The first-order valence-electron chi connectivity index (χ1n) is 9.11. The van der Waals surface area contributed by atoms with Gasteiger partial charge < -0.3 is 15.5 Å². The molecule has 7 nitrogen and oxygen atoms in total. The fourth-order valence-electron chi connectivity index (χ4n) is 3.97. The molecular weight excluding hydrogens is 320 g/mol. The summed E-state index contributed by atoms with van der Waals surface area (Å²) in [6.45, 7) is 3.57. The highest BCUT2D eigenvalue weighted by molar-refractivity contribution is 5.95. The van der Waals surface area contributed by atoms with Crippen LogP contribution in [0.4, 0.5) is 11.4 Å². The Balaban J connectivity index is 1.48. The quantitative estimate of drug-likeness (QED) is 0.647. The summed E-state index contributed by atoms with van der Waals surface area (Å²) in [6.07, 6.45) is 5.29. The van der Waals surface area contributed by atoms with E-state index < -0.39 is 4.92 Å². The number of benzene rings is 1. The van der Waals surface area contributed by atoms with Crippen LogP contribution in [0, 0.1) is 15.5 Å². The number of likely N-dealkylation sites (tertiary alicyclic amines) is 1. The number of amides is 1. The van der Waals surface area contributed by atoms with Crippen LogP contribution >= 0.6 is 0 Å². The first kappa shape index (κ1) is 16.3. The summed E-state index contributed by atoms with van der Waals surface area (Å²) >= 11 is 0. The summed E-state index contributed by atoms with van der Waals surface area (Å²) in [5, 5.41) is 18.0. The molecule has 0 unspecified atom stereocenters. The van der Waals surface area contributed by atoms with E-state index in [2.05, 4.69) is 10.6 Å². The predicted octanol–water partition coefficient (Wildman–Crippen LogP) is 2.38. The second kappa shape index (κ2) is 6.29. The van der Waals surface area contributed by atoms with E-state index in [1.807, 2.05) is 4.90 Å². The Bertz CT molecular complexity index is 686. The molecule has 25 heavy (non-hydrogen) atoms. The second-order valence-corrected chi connectivity index (χ2v) is 7.63. The van der Waals surface area contributed by atoms with Gasteiger partial charge in [0.15, 0.2) is 0 Å². The molecule has 7 heteroatoms. The van der Waals surface area contributed by atoms with Crippen molar-refractivity contribution in [1.82, 2.24) is 10.2 Å². The molecule has 3 aliphatic rings. The van der Waals surface area contributed by atoms with Gasteiger partial charge in [0.2, 0.25) is 0 Å². The van der Waals surface area contributed by atoms with Crippen molar-refractivity contribution in [3.63, 3.8) is 0 Å². The number of hydrogen-bond acceptors (Lipinski definition) is 5. The number of hydrogen-bond donors (Lipinski definition) is 2. The number of nitrogens with one attached hydrogen (secondary N) is 2. The summed E-state index contributed by atoms with van der Waals surface area (Å²) < 4.78 is 0. The van der Waals surface area contributed by atoms with Crippen LogP contribution in [0.25, 0.3) is 0 Å². The molecule has 1 saturated carbocycles. The van der Waals surface area contributed by atoms with Gasteiger partial charge in [0.05, 0.1) is 4.92 Å². The van der Waals surface area contributed by atoms with Gasteiger partial charge in [-0.1, -0.05) is 0 Å². The van der Waals surface area contributed by atoms with Gasteiger partial charge in [-0.3, -0.25) is 14.9 Å². The standard InChI is InChI=1S/C18H24N4O3/c23-17(21-9-6-18(7-10-21)5-8-19-12-18)13-1-4-15(20-14-2-3-14)16(11-13)22(24)25/h1,4,11,14,19-20H,2-3,5-10,12H2. The summed E-state index contributed by atoms with van der Waals surface area (Å²) in [5.74, 6) is -0.0955. The molecule has 0 radical (unpaired) electrons. The number of nitro benzene ring substituents is 1. The third kappa shape index (κ3) is 3.33. The second-order valence-electron chi connectivity index (χ2n) is 7.63. The molecule has 1 spiro atoms. The van der Waals surface area contributed by atoms with Gasteiger partial charge in [0.25, 0.3) is 11.6 Å². The number of anilines is 1. The van der Waals surface area contributed by atoms with Crippen molar-refractivity contribution in [2.24, 2.45) is 5.41 Å². The lowest BCUT2D eigenvalue weighted by Crippen LogP contribution is -2.44. The summed E-state index contributed by atoms with van der Waals surface area (Å²) in [7, 11) is 0. The number of piperidine rings is 1. The largest absolute Gasteiger partial charge is 0.377 e. The SMILES string of the molecule is O=C(c1ccc(NC2CC2)c([N+](=O)[O-])c1)N1CCC2(CCNC2)CC1. The minimum Gasteiger partial charge on any atom is -0.377 e. The highest BCUT2D eigenvalue weighted by Crippen LogP contribution is 2.37. The fourth-order valence-corrected chi connectivity index (χ4v) is 3.97. The van der Waals surface area contributed by atoms with Crippen molar-refractivity contribution in [2.45, 2.75) is 38.1 Å². The van der Waals surface area contributed by atoms with E-state index in [4.69, 9.17) is 0 Å². The first-order valence-corrected chi connectivity index (χ1v) is 9.11. The molecule has 4 rings (SSSR count). The molecule has 2 N–H and O–H groups in total. The van der Waals surface area contributed by atoms with Crippen LogP contribution in [-0.2, 0) is 0 Å². The summed E-state index contributed by atoms with van der Waals surface area (Å²) in [5.41, 5.74) is 1.26. The smallest absolute Gasteiger partial charge is 0.293 e. The fraction of sp³-hybridized carbons (Fsp3) is 0.611. The third-order valence-corrected chi connectivity index (χ3v) is 5.82. The summed E-state index contributed by atoms with van der Waals surface area (Å²) in [6, 6.07) is 5.14. The van der Waals surface area contributed by atoms with Gasteiger partial charge in [-0.2, -0.15) is 0 Å². The number of carbonyl (C=O) groups is 1. The molecule has 1 aromatic carbocycles. The van der Waals surface area contributed by atoms with Gasteiger partial charge in [0.1, 0.15) is 5.69 Å². The van der Waals surface area contributed by atoms with Crippen molar-refractivity contribution in [1.29, 1.82) is 0 Å². The molecular formula is C18H24N4O3. The number of nitro groups is 1. The molecule has 1 aromatic rings. The van der Waals surface area contributed by atoms with E-state index in [9.17, 15) is 14.9 Å². The van der Waals surface area contributed by atoms with Crippen LogP contribution < -0.4 is 10.6 Å². The van der Waals surface area contributed by atoms with Crippen molar-refractivity contribution >= 4 is 17.3 Å². The number of rotatable bonds is 4. The Labute approximate surface area is 146 Å². The molecule has 3 fully saturated rings. The highest BCUT2D eigenvalue weighted by Gasteiger charge is 2.38. The minimum atomic E-state index is -0.406. The van der Waals surface area contributed by atoms with E-state index in [0.29, 0.717) is 22.7 Å². The van der Waals surface area contributed by atoms with Gasteiger partial charge in [-0.15, -0.1) is 0 Å². The van der Waals surface area contributed by atoms with E-state index in [1.54, 1.807) is 12.1 Å². The molecule has 1 amide bonds. The zero-order valence-corrected chi connectivity index (χ0v) is 14.3. The van der Waals surface area contributed by atoms with Gasteiger partial charge in [-0.25, -0.2) is 0 Å². The summed E-state index contributed by atoms with van der Waals surface area (Å²) in [4.78, 5) is 25.6. The van der Waals surface area contributed by atoms with E-state index >= 15 is 0 Å². The van der Waals surface area contributed by atoms with E-state index in [0.717, 1.165) is 51.9 Å². The Hall–Kier alpha value is -2.15. The third-order valence-electron chi connectivity index (χ3n) is 5.82. The Kier molecular flexibility index (Phi) is 4.11. The van der Waals surface area contributed by atoms with Crippen molar-refractivity contribution in [3.8, 4) is 0 Å². The zero-order valence-electron chi connectivity index (χ0n) is 14.3. The minimum absolute atomic E-state index is 0.00813.